The quantitative estimate of drug-likeness (QED) is 0.859. The fraction of sp³-hybridized carbons (Fsp3) is 0.444. The summed E-state index contributed by atoms with van der Waals surface area (Å²) in [4.78, 5) is 19.6. The van der Waals surface area contributed by atoms with Gasteiger partial charge >= 0.3 is 0 Å². The van der Waals surface area contributed by atoms with Crippen LogP contribution in [0.5, 0.6) is 5.88 Å². The first-order chi connectivity index (χ1) is 11.7. The molecule has 4 rings (SSSR count). The Labute approximate surface area is 145 Å². The predicted octanol–water partition coefficient (Wildman–Crippen LogP) is 2.90. The molecule has 2 aromatic rings. The molecule has 5 nitrogen and oxygen atoms in total. The molecule has 0 aromatic carbocycles. The minimum Gasteiger partial charge on any atom is -0.472 e. The predicted molar refractivity (Wildman–Crippen MR) is 91.5 cm³/mol. The Morgan fingerprint density at radius 3 is 3.12 bits per heavy atom. The van der Waals surface area contributed by atoms with Gasteiger partial charge in [0.2, 0.25) is 5.88 Å². The lowest BCUT2D eigenvalue weighted by Gasteiger charge is -2.23. The Morgan fingerprint density at radius 1 is 1.46 bits per heavy atom. The third-order valence-electron chi connectivity index (χ3n) is 4.76. The van der Waals surface area contributed by atoms with E-state index in [-0.39, 0.29) is 17.6 Å². The molecule has 2 saturated heterocycles. The van der Waals surface area contributed by atoms with E-state index in [2.05, 4.69) is 4.98 Å². The number of ether oxygens (including phenoxy) is 2. The zero-order valence-electron chi connectivity index (χ0n) is 13.6. The monoisotopic (exact) mass is 344 g/mol. The highest BCUT2D eigenvalue weighted by Crippen LogP contribution is 2.37. The number of aromatic nitrogens is 1. The van der Waals surface area contributed by atoms with Gasteiger partial charge < -0.3 is 14.4 Å². The maximum atomic E-state index is 12.7. The van der Waals surface area contributed by atoms with Crippen LogP contribution in [0.3, 0.4) is 0 Å². The Kier molecular flexibility index (Phi) is 4.02. The third-order valence-corrected chi connectivity index (χ3v) is 5.76. The molecule has 2 atom stereocenters. The van der Waals surface area contributed by atoms with E-state index < -0.39 is 0 Å². The lowest BCUT2D eigenvalue weighted by molar-refractivity contribution is 0.00989. The van der Waals surface area contributed by atoms with Gasteiger partial charge in [0.05, 0.1) is 23.6 Å². The van der Waals surface area contributed by atoms with Crippen molar-refractivity contribution < 1.29 is 14.3 Å². The molecule has 0 unspecified atom stereocenters. The zero-order valence-corrected chi connectivity index (χ0v) is 14.4. The minimum atomic E-state index is -0.264. The van der Waals surface area contributed by atoms with Crippen LogP contribution in [0.4, 0.5) is 0 Å². The van der Waals surface area contributed by atoms with Crippen molar-refractivity contribution >= 4 is 17.2 Å². The Hall–Kier alpha value is -1.92. The first-order valence-corrected chi connectivity index (χ1v) is 9.08. The zero-order chi connectivity index (χ0) is 16.6. The molecule has 0 bridgehead atoms. The molecule has 2 aliphatic heterocycles. The first-order valence-electron chi connectivity index (χ1n) is 8.20. The van der Waals surface area contributed by atoms with Crippen LogP contribution in [0.1, 0.15) is 28.1 Å². The summed E-state index contributed by atoms with van der Waals surface area (Å²) in [5.74, 6) is 0.750. The van der Waals surface area contributed by atoms with Crippen LogP contribution in [0.15, 0.2) is 35.8 Å². The van der Waals surface area contributed by atoms with E-state index in [9.17, 15) is 4.79 Å². The van der Waals surface area contributed by atoms with Crippen LogP contribution in [-0.4, -0.2) is 47.2 Å². The number of hydrogen-bond acceptors (Lipinski definition) is 5. The van der Waals surface area contributed by atoms with E-state index >= 15 is 0 Å². The van der Waals surface area contributed by atoms with E-state index in [1.54, 1.807) is 6.20 Å². The number of carbonyl (C=O) groups is 1. The molecule has 4 heterocycles. The molecule has 0 radical (unpaired) electrons. The van der Waals surface area contributed by atoms with E-state index in [4.69, 9.17) is 9.47 Å². The van der Waals surface area contributed by atoms with Gasteiger partial charge in [-0.05, 0) is 36.4 Å². The number of thiophene rings is 1. The average molecular weight is 344 g/mol. The summed E-state index contributed by atoms with van der Waals surface area (Å²) in [6, 6.07) is 7.63. The standard InChI is InChI=1S/C18H20N2O3S/c1-13-5-9-24-16(13)17(21)20-8-6-18(12-20)10-14(11-22-18)23-15-4-2-3-7-19-15/h2-5,7,9,14H,6,8,10-12H2,1H3/t14-,18-/m0/s1. The van der Waals surface area contributed by atoms with Crippen LogP contribution in [0, 0.1) is 6.92 Å². The molecular formula is C18H20N2O3S. The van der Waals surface area contributed by atoms with Crippen LogP contribution in [0.25, 0.3) is 0 Å². The summed E-state index contributed by atoms with van der Waals surface area (Å²) in [6.07, 6.45) is 3.39. The van der Waals surface area contributed by atoms with Gasteiger partial charge in [0.15, 0.2) is 0 Å². The molecule has 2 aromatic heterocycles. The third kappa shape index (κ3) is 2.91. The van der Waals surface area contributed by atoms with Gasteiger partial charge in [0.25, 0.3) is 5.91 Å². The van der Waals surface area contributed by atoms with E-state index in [1.807, 2.05) is 41.5 Å². The second kappa shape index (κ2) is 6.18. The number of likely N-dealkylation sites (tertiary alicyclic amines) is 1. The number of amides is 1. The molecule has 2 fully saturated rings. The van der Waals surface area contributed by atoms with Crippen LogP contribution in [0.2, 0.25) is 0 Å². The van der Waals surface area contributed by atoms with Crippen molar-refractivity contribution in [2.45, 2.75) is 31.5 Å². The highest BCUT2D eigenvalue weighted by molar-refractivity contribution is 7.12. The van der Waals surface area contributed by atoms with Gasteiger partial charge in [-0.2, -0.15) is 0 Å². The highest BCUT2D eigenvalue weighted by atomic mass is 32.1. The number of carbonyl (C=O) groups excluding carboxylic acids is 1. The van der Waals surface area contributed by atoms with E-state index in [0.29, 0.717) is 19.0 Å². The number of aryl methyl sites for hydroxylation is 1. The average Bonchev–Trinajstić information content (AvgIpc) is 3.30. The van der Waals surface area contributed by atoms with Crippen LogP contribution >= 0.6 is 11.3 Å². The molecule has 126 valence electrons. The van der Waals surface area contributed by atoms with Crippen LogP contribution in [-0.2, 0) is 4.74 Å². The molecule has 24 heavy (non-hydrogen) atoms. The summed E-state index contributed by atoms with van der Waals surface area (Å²) < 4.78 is 12.0. The molecule has 0 N–H and O–H groups in total. The summed E-state index contributed by atoms with van der Waals surface area (Å²) in [7, 11) is 0. The van der Waals surface area contributed by atoms with Crippen molar-refractivity contribution in [3.63, 3.8) is 0 Å². The Bertz CT molecular complexity index is 733. The second-order valence-electron chi connectivity index (χ2n) is 6.52. The maximum Gasteiger partial charge on any atom is 0.264 e. The van der Waals surface area contributed by atoms with Gasteiger partial charge in [0.1, 0.15) is 6.10 Å². The van der Waals surface area contributed by atoms with Crippen molar-refractivity contribution in [3.05, 3.63) is 46.3 Å². The topological polar surface area (TPSA) is 51.7 Å². The van der Waals surface area contributed by atoms with Crippen molar-refractivity contribution in [3.8, 4) is 5.88 Å². The van der Waals surface area contributed by atoms with Gasteiger partial charge in [0, 0.05) is 25.2 Å². The SMILES string of the molecule is Cc1ccsc1C(=O)N1CC[C@]2(C[C@H](Oc3ccccn3)CO2)C1. The molecule has 6 heteroatoms. The summed E-state index contributed by atoms with van der Waals surface area (Å²) >= 11 is 1.51. The summed E-state index contributed by atoms with van der Waals surface area (Å²) in [5, 5.41) is 1.97. The molecular weight excluding hydrogens is 324 g/mol. The molecule has 1 amide bonds. The maximum absolute atomic E-state index is 12.7. The van der Waals surface area contributed by atoms with E-state index in [1.165, 1.54) is 11.3 Å². The highest BCUT2D eigenvalue weighted by Gasteiger charge is 2.47. The Morgan fingerprint density at radius 2 is 2.38 bits per heavy atom. The summed E-state index contributed by atoms with van der Waals surface area (Å²) in [6.45, 7) is 3.92. The second-order valence-corrected chi connectivity index (χ2v) is 7.43. The van der Waals surface area contributed by atoms with Gasteiger partial charge in [-0.25, -0.2) is 4.98 Å². The van der Waals surface area contributed by atoms with E-state index in [0.717, 1.165) is 29.8 Å². The first kappa shape index (κ1) is 15.6. The van der Waals surface area contributed by atoms with Gasteiger partial charge in [-0.1, -0.05) is 6.07 Å². The lowest BCUT2D eigenvalue weighted by Crippen LogP contribution is -2.36. The van der Waals surface area contributed by atoms with Crippen molar-refractivity contribution in [1.82, 2.24) is 9.88 Å². The number of pyridine rings is 1. The normalized spacial score (nSPS) is 26.2. The number of nitrogens with zero attached hydrogens (tertiary/aromatic N) is 2. The molecule has 1 spiro atoms. The van der Waals surface area contributed by atoms with Crippen molar-refractivity contribution in [2.75, 3.05) is 19.7 Å². The van der Waals surface area contributed by atoms with Crippen molar-refractivity contribution in [1.29, 1.82) is 0 Å². The number of hydrogen-bond donors (Lipinski definition) is 0. The lowest BCUT2D eigenvalue weighted by atomic mass is 9.98. The molecule has 2 aliphatic rings. The fourth-order valence-corrected chi connectivity index (χ4v) is 4.40. The molecule has 0 saturated carbocycles. The molecule has 0 aliphatic carbocycles. The largest absolute Gasteiger partial charge is 0.472 e. The smallest absolute Gasteiger partial charge is 0.264 e. The Balaban J connectivity index is 1.40. The van der Waals surface area contributed by atoms with Crippen LogP contribution < -0.4 is 4.74 Å². The fourth-order valence-electron chi connectivity index (χ4n) is 3.50. The van der Waals surface area contributed by atoms with Gasteiger partial charge in [-0.3, -0.25) is 4.79 Å². The summed E-state index contributed by atoms with van der Waals surface area (Å²) in [5.41, 5.74) is 0.787. The van der Waals surface area contributed by atoms with Gasteiger partial charge in [-0.15, -0.1) is 11.3 Å². The van der Waals surface area contributed by atoms with Crippen molar-refractivity contribution in [2.24, 2.45) is 0 Å². The number of rotatable bonds is 3. The minimum absolute atomic E-state index is 0.00146.